The number of amidine groups is 1. The number of methoxy groups -OCH3 is 1. The molecule has 0 saturated carbocycles. The highest BCUT2D eigenvalue weighted by molar-refractivity contribution is 5.90. The molecule has 3 N–H and O–H groups in total. The average molecular weight is 243 g/mol. The second-order valence-electron chi connectivity index (χ2n) is 4.22. The molecule has 17 heavy (non-hydrogen) atoms. The van der Waals surface area contributed by atoms with Crippen LogP contribution in [0.5, 0.6) is 0 Å². The van der Waals surface area contributed by atoms with E-state index < -0.39 is 0 Å². The molecule has 1 unspecified atom stereocenters. The van der Waals surface area contributed by atoms with Gasteiger partial charge in [-0.2, -0.15) is 0 Å². The number of oxime groups is 1. The zero-order valence-electron chi connectivity index (χ0n) is 10.3. The predicted molar refractivity (Wildman–Crippen MR) is 63.9 cm³/mol. The van der Waals surface area contributed by atoms with E-state index in [2.05, 4.69) is 5.16 Å². The lowest BCUT2D eigenvalue weighted by atomic mass is 10.0. The molecule has 1 fully saturated rings. The molecule has 1 heterocycles. The first-order valence-corrected chi connectivity index (χ1v) is 5.96. The predicted octanol–water partition coefficient (Wildman–Crippen LogP) is 0.541. The highest BCUT2D eigenvalue weighted by Crippen LogP contribution is 2.18. The fourth-order valence-electron chi connectivity index (χ4n) is 2.12. The van der Waals surface area contributed by atoms with Crippen LogP contribution in [-0.4, -0.2) is 48.2 Å². The van der Waals surface area contributed by atoms with Crippen molar-refractivity contribution < 1.29 is 14.7 Å². The Morgan fingerprint density at radius 2 is 2.35 bits per heavy atom. The summed E-state index contributed by atoms with van der Waals surface area (Å²) in [5.41, 5.74) is 5.61. The fraction of sp³-hybridized carbons (Fsp3) is 0.818. The van der Waals surface area contributed by atoms with Crippen molar-refractivity contribution in [2.45, 2.75) is 38.1 Å². The van der Waals surface area contributed by atoms with Gasteiger partial charge in [0.1, 0.15) is 0 Å². The van der Waals surface area contributed by atoms with Crippen molar-refractivity contribution in [3.05, 3.63) is 0 Å². The number of nitrogens with two attached hydrogens (primary N) is 1. The van der Waals surface area contributed by atoms with Crippen LogP contribution in [0.15, 0.2) is 5.16 Å². The summed E-state index contributed by atoms with van der Waals surface area (Å²) in [5, 5.41) is 11.7. The molecule has 6 heteroatoms. The first kappa shape index (κ1) is 13.8. The maximum absolute atomic E-state index is 12.0. The van der Waals surface area contributed by atoms with Gasteiger partial charge in [0.25, 0.3) is 0 Å². The Hall–Kier alpha value is -1.30. The van der Waals surface area contributed by atoms with Crippen molar-refractivity contribution in [2.24, 2.45) is 10.9 Å². The molecule has 0 aromatic heterocycles. The smallest absolute Gasteiger partial charge is 0.223 e. The monoisotopic (exact) mass is 243 g/mol. The first-order chi connectivity index (χ1) is 8.20. The minimum Gasteiger partial charge on any atom is -0.409 e. The Kier molecular flexibility index (Phi) is 5.76. The zero-order valence-corrected chi connectivity index (χ0v) is 10.3. The Labute approximate surface area is 101 Å². The number of hydrogen-bond acceptors (Lipinski definition) is 4. The van der Waals surface area contributed by atoms with Crippen LogP contribution in [0.4, 0.5) is 0 Å². The van der Waals surface area contributed by atoms with Gasteiger partial charge in [0.2, 0.25) is 5.91 Å². The third-order valence-electron chi connectivity index (χ3n) is 3.02. The van der Waals surface area contributed by atoms with Crippen LogP contribution in [-0.2, 0) is 9.53 Å². The van der Waals surface area contributed by atoms with Crippen molar-refractivity contribution in [1.82, 2.24) is 4.90 Å². The summed E-state index contributed by atoms with van der Waals surface area (Å²) in [6, 6.07) is -0.246. The number of carbonyl (C=O) groups excluding carboxylic acids is 1. The van der Waals surface area contributed by atoms with Gasteiger partial charge in [0.15, 0.2) is 5.84 Å². The number of rotatable bonds is 5. The average Bonchev–Trinajstić information content (AvgIpc) is 2.38. The summed E-state index contributed by atoms with van der Waals surface area (Å²) < 4.78 is 4.92. The van der Waals surface area contributed by atoms with E-state index in [0.29, 0.717) is 26.0 Å². The minimum atomic E-state index is -0.246. The lowest BCUT2D eigenvalue weighted by Crippen LogP contribution is -2.50. The van der Waals surface area contributed by atoms with Crippen molar-refractivity contribution >= 4 is 11.7 Å². The largest absolute Gasteiger partial charge is 0.409 e. The van der Waals surface area contributed by atoms with E-state index in [-0.39, 0.29) is 17.8 Å². The molecule has 6 nitrogen and oxygen atoms in total. The Morgan fingerprint density at radius 3 is 3.00 bits per heavy atom. The third-order valence-corrected chi connectivity index (χ3v) is 3.02. The second-order valence-corrected chi connectivity index (χ2v) is 4.22. The Balaban J connectivity index is 2.55. The highest BCUT2D eigenvalue weighted by Gasteiger charge is 2.29. The molecule has 0 bridgehead atoms. The molecule has 1 atom stereocenters. The van der Waals surface area contributed by atoms with Gasteiger partial charge in [-0.3, -0.25) is 4.79 Å². The molecule has 0 aromatic carbocycles. The number of amides is 1. The summed E-state index contributed by atoms with van der Waals surface area (Å²) in [7, 11) is 1.62. The second kappa shape index (κ2) is 7.11. The van der Waals surface area contributed by atoms with Crippen molar-refractivity contribution in [2.75, 3.05) is 20.3 Å². The molecular formula is C11H21N3O3. The normalized spacial score (nSPS) is 21.6. The molecule has 1 aliphatic heterocycles. The molecular weight excluding hydrogens is 222 g/mol. The van der Waals surface area contributed by atoms with Gasteiger partial charge in [-0.05, 0) is 25.7 Å². The molecule has 1 aliphatic rings. The summed E-state index contributed by atoms with van der Waals surface area (Å²) in [6.45, 7) is 1.26. The SMILES string of the molecule is COCCCC(=O)N1CCCCC1C(N)=NO. The number of hydrogen-bond donors (Lipinski definition) is 2. The van der Waals surface area contributed by atoms with Gasteiger partial charge in [0.05, 0.1) is 6.04 Å². The lowest BCUT2D eigenvalue weighted by Gasteiger charge is -2.34. The molecule has 0 aromatic rings. The molecule has 0 radical (unpaired) electrons. The van der Waals surface area contributed by atoms with Crippen LogP contribution in [0.2, 0.25) is 0 Å². The molecule has 1 amide bonds. The number of likely N-dealkylation sites (tertiary alicyclic amines) is 1. The van der Waals surface area contributed by atoms with E-state index in [1.807, 2.05) is 0 Å². The first-order valence-electron chi connectivity index (χ1n) is 5.96. The fourth-order valence-corrected chi connectivity index (χ4v) is 2.12. The molecule has 0 aliphatic carbocycles. The van der Waals surface area contributed by atoms with E-state index in [4.69, 9.17) is 15.7 Å². The number of piperidine rings is 1. The number of ether oxygens (including phenoxy) is 1. The highest BCUT2D eigenvalue weighted by atomic mass is 16.5. The Morgan fingerprint density at radius 1 is 1.59 bits per heavy atom. The van der Waals surface area contributed by atoms with E-state index in [1.165, 1.54) is 0 Å². The van der Waals surface area contributed by atoms with Crippen LogP contribution < -0.4 is 5.73 Å². The van der Waals surface area contributed by atoms with Crippen molar-refractivity contribution in [3.63, 3.8) is 0 Å². The topological polar surface area (TPSA) is 88.2 Å². The molecule has 1 saturated heterocycles. The minimum absolute atomic E-state index is 0.0540. The van der Waals surface area contributed by atoms with Crippen molar-refractivity contribution in [3.8, 4) is 0 Å². The van der Waals surface area contributed by atoms with Gasteiger partial charge >= 0.3 is 0 Å². The molecule has 0 spiro atoms. The van der Waals surface area contributed by atoms with E-state index in [9.17, 15) is 4.79 Å². The molecule has 98 valence electrons. The van der Waals surface area contributed by atoms with Gasteiger partial charge in [-0.1, -0.05) is 5.16 Å². The van der Waals surface area contributed by atoms with E-state index in [1.54, 1.807) is 12.0 Å². The van der Waals surface area contributed by atoms with Gasteiger partial charge < -0.3 is 20.6 Å². The van der Waals surface area contributed by atoms with E-state index in [0.717, 1.165) is 19.3 Å². The number of nitrogens with zero attached hydrogens (tertiary/aromatic N) is 2. The van der Waals surface area contributed by atoms with Crippen LogP contribution >= 0.6 is 0 Å². The van der Waals surface area contributed by atoms with Gasteiger partial charge in [-0.15, -0.1) is 0 Å². The standard InChI is InChI=1S/C11H21N3O3/c1-17-8-4-6-10(15)14-7-3-2-5-9(14)11(12)13-16/h9,16H,2-8H2,1H3,(H2,12,13). The van der Waals surface area contributed by atoms with Gasteiger partial charge in [0, 0.05) is 26.7 Å². The van der Waals surface area contributed by atoms with Gasteiger partial charge in [-0.25, -0.2) is 0 Å². The van der Waals surface area contributed by atoms with E-state index >= 15 is 0 Å². The lowest BCUT2D eigenvalue weighted by molar-refractivity contribution is -0.133. The van der Waals surface area contributed by atoms with Crippen molar-refractivity contribution in [1.29, 1.82) is 0 Å². The third kappa shape index (κ3) is 3.89. The summed E-state index contributed by atoms with van der Waals surface area (Å²) in [4.78, 5) is 13.7. The Bertz CT molecular complexity index is 281. The molecule has 1 rings (SSSR count). The quantitative estimate of drug-likeness (QED) is 0.242. The van der Waals surface area contributed by atoms with Crippen LogP contribution in [0, 0.1) is 0 Å². The summed E-state index contributed by atoms with van der Waals surface area (Å²) >= 11 is 0. The summed E-state index contributed by atoms with van der Waals surface area (Å²) in [5.74, 6) is 0.183. The van der Waals surface area contributed by atoms with Crippen LogP contribution in [0.3, 0.4) is 0 Å². The van der Waals surface area contributed by atoms with Crippen LogP contribution in [0.1, 0.15) is 32.1 Å². The maximum atomic E-state index is 12.0. The number of carbonyl (C=O) groups is 1. The summed E-state index contributed by atoms with van der Waals surface area (Å²) in [6.07, 6.45) is 3.90. The zero-order chi connectivity index (χ0) is 12.7. The van der Waals surface area contributed by atoms with Crippen LogP contribution in [0.25, 0.3) is 0 Å². The maximum Gasteiger partial charge on any atom is 0.223 e.